The van der Waals surface area contributed by atoms with Crippen molar-refractivity contribution >= 4 is 66.0 Å². The second-order valence-electron chi connectivity index (χ2n) is 7.89. The van der Waals surface area contributed by atoms with Gasteiger partial charge in [-0.15, -0.1) is 0 Å². The zero-order valence-electron chi connectivity index (χ0n) is 15.2. The molecule has 1 aliphatic rings. The van der Waals surface area contributed by atoms with Gasteiger partial charge in [-0.3, -0.25) is 0 Å². The summed E-state index contributed by atoms with van der Waals surface area (Å²) in [6.07, 6.45) is 4.52. The molecule has 0 saturated carbocycles. The molecular weight excluding hydrogens is 336 g/mol. The fourth-order valence-corrected chi connectivity index (χ4v) is 4.92. The third kappa shape index (κ3) is 1.84. The van der Waals surface area contributed by atoms with Gasteiger partial charge in [0.15, 0.2) is 0 Å². The largest absolute Gasteiger partial charge is 0.0616 e. The lowest BCUT2D eigenvalue weighted by Gasteiger charge is -2.10. The van der Waals surface area contributed by atoms with E-state index in [9.17, 15) is 0 Å². The maximum Gasteiger partial charge on any atom is -0.00324 e. The molecule has 0 radical (unpaired) electrons. The summed E-state index contributed by atoms with van der Waals surface area (Å²) in [5, 5.41) is 13.2. The van der Waals surface area contributed by atoms with Crippen molar-refractivity contribution in [2.75, 3.05) is 0 Å². The van der Waals surface area contributed by atoms with Gasteiger partial charge in [-0.1, -0.05) is 54.6 Å². The molecule has 0 fully saturated rings. The Balaban J connectivity index is 1.63. The molecule has 0 nitrogen and oxygen atoms in total. The zero-order valence-corrected chi connectivity index (χ0v) is 15.2. The maximum absolute atomic E-state index is 2.38. The number of hydrogen-bond acceptors (Lipinski definition) is 0. The van der Waals surface area contributed by atoms with E-state index in [1.807, 2.05) is 0 Å². The normalized spacial score (nSPS) is 12.9. The molecule has 28 heavy (non-hydrogen) atoms. The van der Waals surface area contributed by atoms with Gasteiger partial charge in [0.25, 0.3) is 0 Å². The molecule has 0 saturated heterocycles. The van der Waals surface area contributed by atoms with Crippen LogP contribution < -0.4 is 0 Å². The molecule has 6 aromatic carbocycles. The van der Waals surface area contributed by atoms with Crippen LogP contribution in [0.4, 0.5) is 0 Å². The van der Waals surface area contributed by atoms with E-state index in [1.165, 1.54) is 65.0 Å². The van der Waals surface area contributed by atoms with Crippen molar-refractivity contribution in [2.45, 2.75) is 0 Å². The first kappa shape index (κ1) is 14.4. The average Bonchev–Trinajstić information content (AvgIpc) is 3.16. The van der Waals surface area contributed by atoms with Crippen molar-refractivity contribution in [3.05, 3.63) is 96.1 Å². The van der Waals surface area contributed by atoms with Gasteiger partial charge in [0.05, 0.1) is 0 Å². The fraction of sp³-hybridized carbons (Fsp3) is 0. The summed E-state index contributed by atoms with van der Waals surface area (Å²) in [5.41, 5.74) is 2.70. The predicted molar refractivity (Wildman–Crippen MR) is 123 cm³/mol. The topological polar surface area (TPSA) is 0 Å². The molecule has 0 bridgehead atoms. The van der Waals surface area contributed by atoms with Crippen LogP contribution in [0.5, 0.6) is 0 Å². The van der Waals surface area contributed by atoms with Crippen LogP contribution in [0.25, 0.3) is 66.0 Å². The standard InChI is InChI=1S/C28H16/c1-2-5-19-11-22-14-24-16-27-25(15-23(24)13-21(22)10-18(19)4-1)12-20-7-3-6-17-8-9-26(27)28(17)20/h1-16H. The minimum absolute atomic E-state index is 1.30. The Morgan fingerprint density at radius 1 is 0.393 bits per heavy atom. The molecule has 0 amide bonds. The molecule has 0 N–H and O–H groups in total. The first-order chi connectivity index (χ1) is 13.8. The fourth-order valence-electron chi connectivity index (χ4n) is 4.92. The zero-order chi connectivity index (χ0) is 18.2. The molecule has 0 aliphatic heterocycles. The van der Waals surface area contributed by atoms with E-state index in [-0.39, 0.29) is 0 Å². The van der Waals surface area contributed by atoms with E-state index in [4.69, 9.17) is 0 Å². The summed E-state index contributed by atoms with van der Waals surface area (Å²) in [5.74, 6) is 0. The molecule has 128 valence electrons. The van der Waals surface area contributed by atoms with E-state index < -0.39 is 0 Å². The van der Waals surface area contributed by atoms with Gasteiger partial charge in [-0.05, 0) is 107 Å². The molecule has 0 spiro atoms. The van der Waals surface area contributed by atoms with Crippen LogP contribution in [0, 0.1) is 0 Å². The Morgan fingerprint density at radius 3 is 1.71 bits per heavy atom. The van der Waals surface area contributed by atoms with E-state index in [2.05, 4.69) is 97.1 Å². The third-order valence-corrected chi connectivity index (χ3v) is 6.26. The molecule has 0 unspecified atom stereocenters. The summed E-state index contributed by atoms with van der Waals surface area (Å²) < 4.78 is 0. The van der Waals surface area contributed by atoms with Gasteiger partial charge < -0.3 is 0 Å². The Bertz CT molecular complexity index is 1650. The van der Waals surface area contributed by atoms with Crippen LogP contribution in [0.1, 0.15) is 11.1 Å². The SMILES string of the molecule is C1=Cc2c3cc4cc5cc6ccccc6cc5cc4cc3cc3cccc1c23. The minimum Gasteiger partial charge on any atom is -0.0616 e. The summed E-state index contributed by atoms with van der Waals surface area (Å²) in [4.78, 5) is 0. The summed E-state index contributed by atoms with van der Waals surface area (Å²) in [6, 6.07) is 31.6. The van der Waals surface area contributed by atoms with Gasteiger partial charge in [0.2, 0.25) is 0 Å². The molecule has 0 atom stereocenters. The van der Waals surface area contributed by atoms with Gasteiger partial charge in [0, 0.05) is 0 Å². The van der Waals surface area contributed by atoms with Crippen molar-refractivity contribution in [3.63, 3.8) is 0 Å². The number of rotatable bonds is 0. The number of fused-ring (bicyclic) bond motifs is 5. The second kappa shape index (κ2) is 4.99. The van der Waals surface area contributed by atoms with Crippen molar-refractivity contribution in [1.82, 2.24) is 0 Å². The number of hydrogen-bond donors (Lipinski definition) is 0. The van der Waals surface area contributed by atoms with E-state index in [0.29, 0.717) is 0 Å². The summed E-state index contributed by atoms with van der Waals surface area (Å²) >= 11 is 0. The van der Waals surface area contributed by atoms with Crippen molar-refractivity contribution < 1.29 is 0 Å². The minimum atomic E-state index is 1.30. The average molecular weight is 352 g/mol. The van der Waals surface area contributed by atoms with E-state index >= 15 is 0 Å². The second-order valence-corrected chi connectivity index (χ2v) is 7.89. The van der Waals surface area contributed by atoms with Crippen molar-refractivity contribution in [2.24, 2.45) is 0 Å². The van der Waals surface area contributed by atoms with Crippen molar-refractivity contribution in [1.29, 1.82) is 0 Å². The molecule has 1 aliphatic carbocycles. The quantitative estimate of drug-likeness (QED) is 0.243. The smallest absolute Gasteiger partial charge is 0.00324 e. The highest BCUT2D eigenvalue weighted by molar-refractivity contribution is 6.18. The van der Waals surface area contributed by atoms with Gasteiger partial charge >= 0.3 is 0 Å². The van der Waals surface area contributed by atoms with Crippen LogP contribution >= 0.6 is 0 Å². The highest BCUT2D eigenvalue weighted by Crippen LogP contribution is 2.39. The first-order valence-electron chi connectivity index (χ1n) is 9.77. The monoisotopic (exact) mass is 352 g/mol. The summed E-state index contributed by atoms with van der Waals surface area (Å²) in [6.45, 7) is 0. The van der Waals surface area contributed by atoms with Crippen LogP contribution in [-0.2, 0) is 0 Å². The first-order valence-corrected chi connectivity index (χ1v) is 9.77. The van der Waals surface area contributed by atoms with Gasteiger partial charge in [-0.2, -0.15) is 0 Å². The van der Waals surface area contributed by atoms with Crippen LogP contribution in [0.15, 0.2) is 84.9 Å². The Hall–Kier alpha value is -3.64. The lowest BCUT2D eigenvalue weighted by Crippen LogP contribution is -1.85. The predicted octanol–water partition coefficient (Wildman–Crippen LogP) is 7.94. The molecule has 7 rings (SSSR count). The van der Waals surface area contributed by atoms with E-state index in [1.54, 1.807) is 0 Å². The Kier molecular flexibility index (Phi) is 2.57. The van der Waals surface area contributed by atoms with Crippen molar-refractivity contribution in [3.8, 4) is 0 Å². The Morgan fingerprint density at radius 2 is 0.964 bits per heavy atom. The molecule has 0 aromatic heterocycles. The number of benzene rings is 6. The van der Waals surface area contributed by atoms with Crippen LogP contribution in [0.3, 0.4) is 0 Å². The van der Waals surface area contributed by atoms with Crippen LogP contribution in [0.2, 0.25) is 0 Å². The summed E-state index contributed by atoms with van der Waals surface area (Å²) in [7, 11) is 0. The maximum atomic E-state index is 2.38. The van der Waals surface area contributed by atoms with E-state index in [0.717, 1.165) is 0 Å². The molecule has 6 aromatic rings. The third-order valence-electron chi connectivity index (χ3n) is 6.26. The lowest BCUT2D eigenvalue weighted by molar-refractivity contribution is 1.76. The Labute approximate surface area is 162 Å². The lowest BCUT2D eigenvalue weighted by atomic mass is 9.93. The van der Waals surface area contributed by atoms with Gasteiger partial charge in [0.1, 0.15) is 0 Å². The molecular formula is C28H16. The highest BCUT2D eigenvalue weighted by Gasteiger charge is 2.13. The molecule has 0 heterocycles. The highest BCUT2D eigenvalue weighted by atomic mass is 14.2. The van der Waals surface area contributed by atoms with Gasteiger partial charge in [-0.25, -0.2) is 0 Å². The van der Waals surface area contributed by atoms with Crippen LogP contribution in [-0.4, -0.2) is 0 Å². The molecule has 0 heteroatoms.